The number of hydrogen-bond donors (Lipinski definition) is 8. The number of aliphatic hydroxyl groups is 7. The number of amides is 1. The third-order valence-corrected chi connectivity index (χ3v) is 12.1. The lowest BCUT2D eigenvalue weighted by Crippen LogP contribution is -2.60. The predicted octanol–water partition coefficient (Wildman–Crippen LogP) is 8.14. The van der Waals surface area contributed by atoms with E-state index in [1.165, 1.54) is 135 Å². The molecule has 11 heteroatoms. The molecule has 346 valence electrons. The van der Waals surface area contributed by atoms with Crippen LogP contribution >= 0.6 is 0 Å². The highest BCUT2D eigenvalue weighted by Gasteiger charge is 2.44. The normalized spacial score (nSPS) is 21.9. The van der Waals surface area contributed by atoms with Gasteiger partial charge in [-0.15, -0.1) is 0 Å². The molecule has 8 N–H and O–H groups in total. The standard InChI is InChI=1S/C47H93NO10/c1-4-5-6-7-8-9-10-11-12-13-14-15-16-17-18-21-25-28-31-34-40(51)46(56)48-38(36-57-47-45(55)44(54)43(53)41(35-49)58-47)42(52)39(50)33-30-27-24-22-19-20-23-26-29-32-37(2)3/h37-45,47,49-55H,4-36H2,1-3H3,(H,48,56)/t38-,39+,40+,41+,42-,43-,44-,45+,47+/m0/s1. The van der Waals surface area contributed by atoms with Crippen LogP contribution in [0.5, 0.6) is 0 Å². The molecule has 58 heavy (non-hydrogen) atoms. The lowest BCUT2D eigenvalue weighted by Gasteiger charge is -2.40. The fourth-order valence-corrected chi connectivity index (χ4v) is 8.04. The predicted molar refractivity (Wildman–Crippen MR) is 233 cm³/mol. The largest absolute Gasteiger partial charge is 0.394 e. The van der Waals surface area contributed by atoms with Crippen molar-refractivity contribution in [1.82, 2.24) is 5.32 Å². The summed E-state index contributed by atoms with van der Waals surface area (Å²) in [6, 6.07) is -1.16. The molecule has 0 aliphatic carbocycles. The summed E-state index contributed by atoms with van der Waals surface area (Å²) in [6.07, 6.45) is 24.5. The van der Waals surface area contributed by atoms with Gasteiger partial charge in [0.1, 0.15) is 36.6 Å². The van der Waals surface area contributed by atoms with Gasteiger partial charge in [-0.05, 0) is 18.8 Å². The van der Waals surface area contributed by atoms with Crippen LogP contribution in [-0.2, 0) is 14.3 Å². The molecule has 1 rings (SSSR count). The molecular weight excluding hydrogens is 739 g/mol. The number of carbonyl (C=O) groups is 1. The van der Waals surface area contributed by atoms with E-state index in [9.17, 15) is 40.5 Å². The van der Waals surface area contributed by atoms with Gasteiger partial charge in [0.05, 0.1) is 25.4 Å². The van der Waals surface area contributed by atoms with Gasteiger partial charge < -0.3 is 50.5 Å². The smallest absolute Gasteiger partial charge is 0.249 e. The van der Waals surface area contributed by atoms with E-state index >= 15 is 0 Å². The average molecular weight is 832 g/mol. The monoisotopic (exact) mass is 832 g/mol. The highest BCUT2D eigenvalue weighted by atomic mass is 16.7. The molecule has 0 radical (unpaired) electrons. The van der Waals surface area contributed by atoms with Crippen molar-refractivity contribution < 1.29 is 50.0 Å². The van der Waals surface area contributed by atoms with E-state index in [1.807, 2.05) is 0 Å². The molecule has 0 aromatic heterocycles. The number of unbranched alkanes of at least 4 members (excludes halogenated alkanes) is 26. The van der Waals surface area contributed by atoms with Crippen LogP contribution in [0.3, 0.4) is 0 Å². The quantitative estimate of drug-likeness (QED) is 0.0280. The Labute approximate surface area is 354 Å². The Balaban J connectivity index is 2.39. The molecule has 1 amide bonds. The summed E-state index contributed by atoms with van der Waals surface area (Å²) in [5, 5.41) is 75.7. The summed E-state index contributed by atoms with van der Waals surface area (Å²) in [5.74, 6) is 0.0698. The van der Waals surface area contributed by atoms with Crippen LogP contribution in [-0.4, -0.2) is 110 Å². The Kier molecular flexibility index (Phi) is 34.9. The molecule has 1 aliphatic rings. The third kappa shape index (κ3) is 27.1. The minimum atomic E-state index is -1.66. The van der Waals surface area contributed by atoms with Crippen LogP contribution in [0, 0.1) is 5.92 Å². The molecule has 0 aromatic carbocycles. The van der Waals surface area contributed by atoms with Crippen LogP contribution < -0.4 is 5.32 Å². The molecule has 11 nitrogen and oxygen atoms in total. The Morgan fingerprint density at radius 3 is 1.38 bits per heavy atom. The van der Waals surface area contributed by atoms with Gasteiger partial charge in [-0.2, -0.15) is 0 Å². The first kappa shape index (κ1) is 55.1. The van der Waals surface area contributed by atoms with Gasteiger partial charge >= 0.3 is 0 Å². The van der Waals surface area contributed by atoms with Gasteiger partial charge in [0.2, 0.25) is 5.91 Å². The van der Waals surface area contributed by atoms with E-state index < -0.39 is 74.2 Å². The van der Waals surface area contributed by atoms with Crippen LogP contribution in [0.15, 0.2) is 0 Å². The molecule has 1 fully saturated rings. The maximum Gasteiger partial charge on any atom is 0.249 e. The molecule has 0 saturated carbocycles. The molecule has 0 unspecified atom stereocenters. The summed E-state index contributed by atoms with van der Waals surface area (Å²) in [4.78, 5) is 13.1. The van der Waals surface area contributed by atoms with Crippen molar-refractivity contribution in [3.05, 3.63) is 0 Å². The van der Waals surface area contributed by atoms with E-state index in [-0.39, 0.29) is 6.42 Å². The zero-order chi connectivity index (χ0) is 42.8. The molecule has 1 heterocycles. The summed E-state index contributed by atoms with van der Waals surface area (Å²) in [7, 11) is 0. The number of ether oxygens (including phenoxy) is 2. The Bertz CT molecular complexity index is 926. The summed E-state index contributed by atoms with van der Waals surface area (Å²) in [6.45, 7) is 5.74. The van der Waals surface area contributed by atoms with Gasteiger partial charge in [-0.3, -0.25) is 4.79 Å². The summed E-state index contributed by atoms with van der Waals surface area (Å²) >= 11 is 0. The molecule has 1 aliphatic heterocycles. The fourth-order valence-electron chi connectivity index (χ4n) is 8.04. The second-order valence-electron chi connectivity index (χ2n) is 18.0. The molecular formula is C47H93NO10. The van der Waals surface area contributed by atoms with E-state index in [1.54, 1.807) is 0 Å². The van der Waals surface area contributed by atoms with Crippen LogP contribution in [0.4, 0.5) is 0 Å². The lowest BCUT2D eigenvalue weighted by molar-refractivity contribution is -0.303. The minimum absolute atomic E-state index is 0.265. The number of nitrogens with one attached hydrogen (secondary N) is 1. The topological polar surface area (TPSA) is 189 Å². The van der Waals surface area contributed by atoms with Crippen molar-refractivity contribution in [2.75, 3.05) is 13.2 Å². The second-order valence-corrected chi connectivity index (χ2v) is 18.0. The first-order valence-corrected chi connectivity index (χ1v) is 24.3. The van der Waals surface area contributed by atoms with Crippen molar-refractivity contribution in [2.45, 2.75) is 275 Å². The maximum atomic E-state index is 13.1. The number of rotatable bonds is 40. The summed E-state index contributed by atoms with van der Waals surface area (Å²) < 4.78 is 11.1. The Hall–Kier alpha value is -0.890. The fraction of sp³-hybridized carbons (Fsp3) is 0.979. The van der Waals surface area contributed by atoms with Gasteiger partial charge in [-0.1, -0.05) is 207 Å². The number of carbonyl (C=O) groups excluding carboxylic acids is 1. The molecule has 0 aromatic rings. The Morgan fingerprint density at radius 2 is 0.966 bits per heavy atom. The van der Waals surface area contributed by atoms with Crippen molar-refractivity contribution in [2.24, 2.45) is 5.92 Å². The molecule has 1 saturated heterocycles. The average Bonchev–Trinajstić information content (AvgIpc) is 3.21. The van der Waals surface area contributed by atoms with Gasteiger partial charge in [0.25, 0.3) is 0 Å². The van der Waals surface area contributed by atoms with Gasteiger partial charge in [-0.25, -0.2) is 0 Å². The van der Waals surface area contributed by atoms with E-state index in [0.717, 1.165) is 44.4 Å². The minimum Gasteiger partial charge on any atom is -0.394 e. The van der Waals surface area contributed by atoms with Gasteiger partial charge in [0.15, 0.2) is 6.29 Å². The Morgan fingerprint density at radius 1 is 0.569 bits per heavy atom. The number of hydrogen-bond acceptors (Lipinski definition) is 10. The second kappa shape index (κ2) is 36.7. The van der Waals surface area contributed by atoms with Crippen LogP contribution in [0.25, 0.3) is 0 Å². The molecule has 9 atom stereocenters. The SMILES string of the molecule is CCCCCCCCCCCCCCCCCCCCC[C@@H](O)C(=O)N[C@@H](CO[C@@H]1O[C@H](CO)[C@H](O)[C@H](O)[C@H]1O)[C@H](O)[C@H](O)CCCCCCCCCCCC(C)C. The van der Waals surface area contributed by atoms with E-state index in [2.05, 4.69) is 26.1 Å². The van der Waals surface area contributed by atoms with E-state index in [4.69, 9.17) is 9.47 Å². The van der Waals surface area contributed by atoms with Gasteiger partial charge in [0, 0.05) is 0 Å². The molecule has 0 bridgehead atoms. The van der Waals surface area contributed by atoms with Crippen molar-refractivity contribution in [3.63, 3.8) is 0 Å². The van der Waals surface area contributed by atoms with Crippen LogP contribution in [0.1, 0.15) is 220 Å². The third-order valence-electron chi connectivity index (χ3n) is 12.1. The summed E-state index contributed by atoms with van der Waals surface area (Å²) in [5.41, 5.74) is 0. The zero-order valence-corrected chi connectivity index (χ0v) is 37.5. The first-order valence-electron chi connectivity index (χ1n) is 24.3. The van der Waals surface area contributed by atoms with Crippen molar-refractivity contribution in [3.8, 4) is 0 Å². The molecule has 0 spiro atoms. The maximum absolute atomic E-state index is 13.1. The van der Waals surface area contributed by atoms with Crippen molar-refractivity contribution >= 4 is 5.91 Å². The highest BCUT2D eigenvalue weighted by molar-refractivity contribution is 5.80. The van der Waals surface area contributed by atoms with Crippen LogP contribution in [0.2, 0.25) is 0 Å². The highest BCUT2D eigenvalue weighted by Crippen LogP contribution is 2.23. The number of aliphatic hydroxyl groups excluding tert-OH is 7. The lowest BCUT2D eigenvalue weighted by atomic mass is 9.98. The van der Waals surface area contributed by atoms with Crippen molar-refractivity contribution in [1.29, 1.82) is 0 Å². The zero-order valence-electron chi connectivity index (χ0n) is 37.5. The van der Waals surface area contributed by atoms with E-state index in [0.29, 0.717) is 19.3 Å². The first-order chi connectivity index (χ1) is 28.0.